The van der Waals surface area contributed by atoms with Crippen LogP contribution in [0.2, 0.25) is 0 Å². The summed E-state index contributed by atoms with van der Waals surface area (Å²) in [7, 11) is 0. The highest BCUT2D eigenvalue weighted by atomic mass is 32.2. The Hall–Kier alpha value is -1.23. The van der Waals surface area contributed by atoms with E-state index < -0.39 is 0 Å². The Bertz CT molecular complexity index is 494. The SMILES string of the molecule is NC(=NC1CC(c2cccc(F)c2)C1)N1CCSCC1. The molecule has 20 heavy (non-hydrogen) atoms. The minimum Gasteiger partial charge on any atom is -0.370 e. The van der Waals surface area contributed by atoms with E-state index in [0.29, 0.717) is 17.9 Å². The van der Waals surface area contributed by atoms with E-state index in [4.69, 9.17) is 5.73 Å². The first-order valence-corrected chi connectivity index (χ1v) is 8.29. The second-order valence-electron chi connectivity index (χ2n) is 5.46. The first-order chi connectivity index (χ1) is 9.72. The number of nitrogens with zero attached hydrogens (tertiary/aromatic N) is 2. The van der Waals surface area contributed by atoms with Gasteiger partial charge in [0.2, 0.25) is 0 Å². The van der Waals surface area contributed by atoms with Crippen LogP contribution < -0.4 is 5.73 Å². The standard InChI is InChI=1S/C15H20FN3S/c16-13-3-1-2-11(8-13)12-9-14(10-12)18-15(17)19-4-6-20-7-5-19/h1-3,8,12,14H,4-7,9-10H2,(H2,17,18). The number of hydrogen-bond donors (Lipinski definition) is 1. The van der Waals surface area contributed by atoms with Gasteiger partial charge in [-0.2, -0.15) is 11.8 Å². The number of nitrogens with two attached hydrogens (primary N) is 1. The molecule has 0 aromatic heterocycles. The van der Waals surface area contributed by atoms with Crippen LogP contribution in [0.1, 0.15) is 24.3 Å². The Morgan fingerprint density at radius 3 is 2.75 bits per heavy atom. The second kappa shape index (κ2) is 6.04. The molecule has 1 aromatic carbocycles. The van der Waals surface area contributed by atoms with E-state index >= 15 is 0 Å². The van der Waals surface area contributed by atoms with Crippen LogP contribution in [0, 0.1) is 5.82 Å². The van der Waals surface area contributed by atoms with Crippen molar-refractivity contribution in [1.82, 2.24) is 4.90 Å². The van der Waals surface area contributed by atoms with Gasteiger partial charge in [-0.25, -0.2) is 9.38 Å². The highest BCUT2D eigenvalue weighted by Crippen LogP contribution is 2.39. The zero-order valence-electron chi connectivity index (χ0n) is 11.5. The first-order valence-electron chi connectivity index (χ1n) is 7.14. The van der Waals surface area contributed by atoms with Gasteiger partial charge in [-0.15, -0.1) is 0 Å². The fourth-order valence-electron chi connectivity index (χ4n) is 2.79. The number of halogens is 1. The van der Waals surface area contributed by atoms with Crippen molar-refractivity contribution >= 4 is 17.7 Å². The highest BCUT2D eigenvalue weighted by molar-refractivity contribution is 7.99. The molecule has 0 radical (unpaired) electrons. The smallest absolute Gasteiger partial charge is 0.191 e. The molecule has 1 aliphatic heterocycles. The molecule has 3 rings (SSSR count). The van der Waals surface area contributed by atoms with Gasteiger partial charge in [0, 0.05) is 24.6 Å². The van der Waals surface area contributed by atoms with E-state index in [0.717, 1.165) is 43.0 Å². The van der Waals surface area contributed by atoms with Gasteiger partial charge in [-0.05, 0) is 36.5 Å². The molecular formula is C15H20FN3S. The van der Waals surface area contributed by atoms with Crippen molar-refractivity contribution < 1.29 is 4.39 Å². The third-order valence-electron chi connectivity index (χ3n) is 4.08. The van der Waals surface area contributed by atoms with Crippen molar-refractivity contribution in [3.63, 3.8) is 0 Å². The number of benzene rings is 1. The van der Waals surface area contributed by atoms with Crippen molar-refractivity contribution in [1.29, 1.82) is 0 Å². The van der Waals surface area contributed by atoms with Crippen LogP contribution in [0.5, 0.6) is 0 Å². The summed E-state index contributed by atoms with van der Waals surface area (Å²) in [4.78, 5) is 6.79. The molecule has 0 amide bonds. The summed E-state index contributed by atoms with van der Waals surface area (Å²) in [6.07, 6.45) is 1.96. The predicted octanol–water partition coefficient (Wildman–Crippen LogP) is 2.44. The van der Waals surface area contributed by atoms with Gasteiger partial charge < -0.3 is 10.6 Å². The monoisotopic (exact) mass is 293 g/mol. The number of aliphatic imine (C=N–C) groups is 1. The van der Waals surface area contributed by atoms with Crippen LogP contribution in [-0.4, -0.2) is 41.5 Å². The maximum absolute atomic E-state index is 13.2. The number of hydrogen-bond acceptors (Lipinski definition) is 2. The molecule has 1 heterocycles. The lowest BCUT2D eigenvalue weighted by Gasteiger charge is -2.35. The summed E-state index contributed by atoms with van der Waals surface area (Å²) in [5.74, 6) is 3.23. The first kappa shape index (κ1) is 13.7. The van der Waals surface area contributed by atoms with E-state index in [1.54, 1.807) is 12.1 Å². The van der Waals surface area contributed by atoms with Gasteiger partial charge in [-0.1, -0.05) is 12.1 Å². The Morgan fingerprint density at radius 2 is 2.05 bits per heavy atom. The number of guanidine groups is 1. The normalized spacial score (nSPS) is 27.2. The van der Waals surface area contributed by atoms with Gasteiger partial charge in [0.05, 0.1) is 6.04 Å². The van der Waals surface area contributed by atoms with E-state index in [1.807, 2.05) is 17.8 Å². The van der Waals surface area contributed by atoms with Gasteiger partial charge in [-0.3, -0.25) is 0 Å². The lowest BCUT2D eigenvalue weighted by molar-refractivity contribution is 0.345. The fraction of sp³-hybridized carbons (Fsp3) is 0.533. The third kappa shape index (κ3) is 3.08. The molecule has 1 saturated heterocycles. The van der Waals surface area contributed by atoms with Crippen molar-refractivity contribution in [2.24, 2.45) is 10.7 Å². The molecule has 2 N–H and O–H groups in total. The zero-order chi connectivity index (χ0) is 13.9. The average molecular weight is 293 g/mol. The Morgan fingerprint density at radius 1 is 1.30 bits per heavy atom. The van der Waals surface area contributed by atoms with Crippen LogP contribution >= 0.6 is 11.8 Å². The molecule has 1 aromatic rings. The molecule has 0 atom stereocenters. The largest absolute Gasteiger partial charge is 0.370 e. The zero-order valence-corrected chi connectivity index (χ0v) is 12.3. The maximum Gasteiger partial charge on any atom is 0.191 e. The molecule has 0 spiro atoms. The summed E-state index contributed by atoms with van der Waals surface area (Å²) < 4.78 is 13.2. The molecule has 0 bridgehead atoms. The maximum atomic E-state index is 13.2. The molecule has 1 aliphatic carbocycles. The summed E-state index contributed by atoms with van der Waals surface area (Å²) in [6.45, 7) is 2.00. The van der Waals surface area contributed by atoms with Crippen LogP contribution in [0.15, 0.2) is 29.3 Å². The van der Waals surface area contributed by atoms with Gasteiger partial charge in [0.25, 0.3) is 0 Å². The minimum absolute atomic E-state index is 0.153. The summed E-state index contributed by atoms with van der Waals surface area (Å²) in [5.41, 5.74) is 7.16. The number of thioether (sulfide) groups is 1. The molecular weight excluding hydrogens is 273 g/mol. The van der Waals surface area contributed by atoms with E-state index in [-0.39, 0.29) is 5.82 Å². The second-order valence-corrected chi connectivity index (χ2v) is 6.69. The molecule has 2 fully saturated rings. The molecule has 2 aliphatic rings. The van der Waals surface area contributed by atoms with Crippen LogP contribution in [0.3, 0.4) is 0 Å². The lowest BCUT2D eigenvalue weighted by Crippen LogP contribution is -2.44. The van der Waals surface area contributed by atoms with E-state index in [1.165, 1.54) is 6.07 Å². The van der Waals surface area contributed by atoms with Crippen molar-refractivity contribution in [2.45, 2.75) is 24.8 Å². The van der Waals surface area contributed by atoms with Crippen LogP contribution in [-0.2, 0) is 0 Å². The van der Waals surface area contributed by atoms with Crippen molar-refractivity contribution in [2.75, 3.05) is 24.6 Å². The third-order valence-corrected chi connectivity index (χ3v) is 5.03. The summed E-state index contributed by atoms with van der Waals surface area (Å²) in [5, 5.41) is 0. The van der Waals surface area contributed by atoms with Crippen molar-refractivity contribution in [3.8, 4) is 0 Å². The molecule has 1 saturated carbocycles. The van der Waals surface area contributed by atoms with Crippen molar-refractivity contribution in [3.05, 3.63) is 35.6 Å². The highest BCUT2D eigenvalue weighted by Gasteiger charge is 2.31. The Labute approximate surface area is 123 Å². The van der Waals surface area contributed by atoms with Gasteiger partial charge in [0.1, 0.15) is 5.82 Å². The predicted molar refractivity (Wildman–Crippen MR) is 82.7 cm³/mol. The summed E-state index contributed by atoms with van der Waals surface area (Å²) >= 11 is 1.97. The van der Waals surface area contributed by atoms with Crippen LogP contribution in [0.4, 0.5) is 4.39 Å². The number of rotatable bonds is 2. The van der Waals surface area contributed by atoms with E-state index in [2.05, 4.69) is 9.89 Å². The molecule has 0 unspecified atom stereocenters. The summed E-state index contributed by atoms with van der Waals surface area (Å²) in [6, 6.07) is 7.21. The van der Waals surface area contributed by atoms with Gasteiger partial charge >= 0.3 is 0 Å². The van der Waals surface area contributed by atoms with E-state index in [9.17, 15) is 4.39 Å². The van der Waals surface area contributed by atoms with Crippen LogP contribution in [0.25, 0.3) is 0 Å². The quantitative estimate of drug-likeness (QED) is 0.672. The van der Waals surface area contributed by atoms with Gasteiger partial charge in [0.15, 0.2) is 5.96 Å². The lowest BCUT2D eigenvalue weighted by atomic mass is 9.76. The Kier molecular flexibility index (Phi) is 4.15. The minimum atomic E-state index is -0.153. The molecule has 5 heteroatoms. The fourth-order valence-corrected chi connectivity index (χ4v) is 3.69. The Balaban J connectivity index is 1.54. The molecule has 3 nitrogen and oxygen atoms in total. The average Bonchev–Trinajstić information content (AvgIpc) is 2.43. The molecule has 108 valence electrons. The topological polar surface area (TPSA) is 41.6 Å².